The molecule has 0 aliphatic heterocycles. The average Bonchev–Trinajstić information content (AvgIpc) is 2.95. The van der Waals surface area contributed by atoms with Crippen molar-refractivity contribution in [1.29, 1.82) is 0 Å². The molecule has 148 valence electrons. The summed E-state index contributed by atoms with van der Waals surface area (Å²) < 4.78 is 24.8. The maximum Gasteiger partial charge on any atom is 0.238 e. The van der Waals surface area contributed by atoms with E-state index < -0.39 is 10.0 Å². The molecule has 3 rings (SSSR count). The van der Waals surface area contributed by atoms with Gasteiger partial charge in [0.05, 0.1) is 27.7 Å². The van der Waals surface area contributed by atoms with Gasteiger partial charge in [-0.3, -0.25) is 4.79 Å². The number of hydrogen-bond acceptors (Lipinski definition) is 5. The van der Waals surface area contributed by atoms with Gasteiger partial charge in [0.25, 0.3) is 0 Å². The molecule has 3 N–H and O–H groups in total. The van der Waals surface area contributed by atoms with E-state index in [1.54, 1.807) is 23.7 Å². The number of amides is 1. The lowest BCUT2D eigenvalue weighted by Crippen LogP contribution is -2.28. The summed E-state index contributed by atoms with van der Waals surface area (Å²) in [6.07, 6.45) is 0. The molecule has 0 aliphatic rings. The monoisotopic (exact) mass is 438 g/mol. The first-order valence-corrected chi connectivity index (χ1v) is 11.2. The highest BCUT2D eigenvalue weighted by Crippen LogP contribution is 2.25. The maximum absolute atomic E-state index is 12.3. The minimum Gasteiger partial charge on any atom is -0.349 e. The topological polar surface area (TPSA) is 107 Å². The second-order valence-electron chi connectivity index (χ2n) is 6.25. The van der Waals surface area contributed by atoms with Crippen molar-refractivity contribution >= 4 is 50.3 Å². The zero-order valence-corrected chi connectivity index (χ0v) is 17.6. The third-order valence-electron chi connectivity index (χ3n) is 4.22. The van der Waals surface area contributed by atoms with Crippen molar-refractivity contribution < 1.29 is 13.2 Å². The van der Waals surface area contributed by atoms with Crippen LogP contribution in [0, 0.1) is 0 Å². The quantitative estimate of drug-likeness (QED) is 0.575. The summed E-state index contributed by atoms with van der Waals surface area (Å²) in [5.74, 6) is 0.00303. The Hall–Kier alpha value is -2.07. The van der Waals surface area contributed by atoms with Crippen LogP contribution in [0.25, 0.3) is 11.0 Å². The van der Waals surface area contributed by atoms with Crippen LogP contribution in [0.1, 0.15) is 18.5 Å². The summed E-state index contributed by atoms with van der Waals surface area (Å²) in [5, 5.41) is 9.28. The highest BCUT2D eigenvalue weighted by atomic mass is 35.5. The van der Waals surface area contributed by atoms with Gasteiger partial charge in [0.2, 0.25) is 15.9 Å². The summed E-state index contributed by atoms with van der Waals surface area (Å²) in [6.45, 7) is 1.87. The summed E-state index contributed by atoms with van der Waals surface area (Å²) in [4.78, 5) is 16.7. The molecular weight excluding hydrogens is 420 g/mol. The molecule has 0 saturated carbocycles. The van der Waals surface area contributed by atoms with Crippen LogP contribution in [0.3, 0.4) is 0 Å². The van der Waals surface area contributed by atoms with E-state index in [0.717, 1.165) is 11.1 Å². The zero-order chi connectivity index (χ0) is 20.5. The van der Waals surface area contributed by atoms with Crippen LogP contribution in [0.15, 0.2) is 52.5 Å². The molecule has 1 heterocycles. The van der Waals surface area contributed by atoms with E-state index >= 15 is 0 Å². The van der Waals surface area contributed by atoms with Crippen molar-refractivity contribution in [3.8, 4) is 0 Å². The van der Waals surface area contributed by atoms with Gasteiger partial charge in [-0.05, 0) is 36.8 Å². The Labute approximate surface area is 172 Å². The molecule has 0 spiro atoms. The number of halogens is 1. The molecule has 2 aromatic carbocycles. The van der Waals surface area contributed by atoms with Crippen molar-refractivity contribution in [2.45, 2.75) is 23.0 Å². The minimum atomic E-state index is -3.80. The van der Waals surface area contributed by atoms with Crippen molar-refractivity contribution in [3.63, 3.8) is 0 Å². The SMILES string of the molecule is CC(NC(=O)CSc1nc2cc(S(N)(=O)=O)ccc2n1C)c1ccccc1Cl. The van der Waals surface area contributed by atoms with Gasteiger partial charge >= 0.3 is 0 Å². The van der Waals surface area contributed by atoms with E-state index in [4.69, 9.17) is 16.7 Å². The predicted molar refractivity (Wildman–Crippen MR) is 111 cm³/mol. The standard InChI is InChI=1S/C18H19ClN4O3S2/c1-11(13-5-3-4-6-14(13)19)21-17(24)10-27-18-22-15-9-12(28(20,25)26)7-8-16(15)23(18)2/h3-9,11H,10H2,1-2H3,(H,21,24)(H2,20,25,26). The lowest BCUT2D eigenvalue weighted by atomic mass is 10.1. The molecule has 0 bridgehead atoms. The Morgan fingerprint density at radius 2 is 2.04 bits per heavy atom. The molecule has 28 heavy (non-hydrogen) atoms. The number of nitrogens with zero attached hydrogens (tertiary/aromatic N) is 2. The van der Waals surface area contributed by atoms with Gasteiger partial charge in [-0.15, -0.1) is 0 Å². The van der Waals surface area contributed by atoms with Crippen LogP contribution in [0.2, 0.25) is 5.02 Å². The largest absolute Gasteiger partial charge is 0.349 e. The summed E-state index contributed by atoms with van der Waals surface area (Å²) in [6, 6.07) is 11.6. The first-order chi connectivity index (χ1) is 13.2. The van der Waals surface area contributed by atoms with E-state index in [1.807, 2.05) is 25.1 Å². The van der Waals surface area contributed by atoms with Crippen LogP contribution >= 0.6 is 23.4 Å². The second-order valence-corrected chi connectivity index (χ2v) is 9.16. The molecule has 1 amide bonds. The number of imidazole rings is 1. The number of nitrogens with one attached hydrogen (secondary N) is 1. The van der Waals surface area contributed by atoms with Crippen LogP contribution in [-0.2, 0) is 21.9 Å². The van der Waals surface area contributed by atoms with Crippen LogP contribution < -0.4 is 10.5 Å². The minimum absolute atomic E-state index is 0.000887. The van der Waals surface area contributed by atoms with Crippen LogP contribution in [0.5, 0.6) is 0 Å². The fourth-order valence-electron chi connectivity index (χ4n) is 2.78. The Morgan fingerprint density at radius 1 is 1.32 bits per heavy atom. The number of nitrogens with two attached hydrogens (primary N) is 1. The number of rotatable bonds is 6. The van der Waals surface area contributed by atoms with E-state index in [9.17, 15) is 13.2 Å². The molecular formula is C18H19ClN4O3S2. The Bertz CT molecular complexity index is 1140. The summed E-state index contributed by atoms with van der Waals surface area (Å²) in [7, 11) is -1.99. The van der Waals surface area contributed by atoms with Crippen molar-refractivity contribution in [3.05, 3.63) is 53.1 Å². The van der Waals surface area contributed by atoms with Crippen LogP contribution in [0.4, 0.5) is 0 Å². The first kappa shape index (κ1) is 20.7. The number of thioether (sulfide) groups is 1. The Balaban J connectivity index is 1.70. The zero-order valence-electron chi connectivity index (χ0n) is 15.2. The van der Waals surface area contributed by atoms with E-state index in [2.05, 4.69) is 10.3 Å². The molecule has 1 atom stereocenters. The third-order valence-corrected chi connectivity index (χ3v) is 6.51. The summed E-state index contributed by atoms with van der Waals surface area (Å²) >= 11 is 7.43. The number of primary sulfonamides is 1. The molecule has 1 unspecified atom stereocenters. The number of carbonyl (C=O) groups is 1. The molecule has 1 aromatic heterocycles. The predicted octanol–water partition coefficient (Wildman–Crippen LogP) is 2.84. The van der Waals surface area contributed by atoms with E-state index in [1.165, 1.54) is 23.9 Å². The molecule has 0 saturated heterocycles. The fourth-order valence-corrected chi connectivity index (χ4v) is 4.41. The number of sulfonamides is 1. The van der Waals surface area contributed by atoms with Gasteiger partial charge in [0.1, 0.15) is 0 Å². The second kappa shape index (κ2) is 8.12. The van der Waals surface area contributed by atoms with Crippen molar-refractivity contribution in [1.82, 2.24) is 14.9 Å². The van der Waals surface area contributed by atoms with Crippen molar-refractivity contribution in [2.24, 2.45) is 12.2 Å². The van der Waals surface area contributed by atoms with E-state index in [-0.39, 0.29) is 22.6 Å². The Morgan fingerprint density at radius 3 is 2.71 bits per heavy atom. The highest BCUT2D eigenvalue weighted by molar-refractivity contribution is 7.99. The molecule has 0 fully saturated rings. The molecule has 0 aliphatic carbocycles. The molecule has 7 nitrogen and oxygen atoms in total. The highest BCUT2D eigenvalue weighted by Gasteiger charge is 2.16. The average molecular weight is 439 g/mol. The van der Waals surface area contributed by atoms with Gasteiger partial charge in [-0.2, -0.15) is 0 Å². The van der Waals surface area contributed by atoms with Gasteiger partial charge in [-0.25, -0.2) is 18.5 Å². The number of aryl methyl sites for hydroxylation is 1. The normalized spacial score (nSPS) is 12.9. The fraction of sp³-hybridized carbons (Fsp3) is 0.222. The third kappa shape index (κ3) is 4.49. The number of carbonyl (C=O) groups excluding carboxylic acids is 1. The Kier molecular flexibility index (Phi) is 5.99. The first-order valence-electron chi connectivity index (χ1n) is 8.32. The van der Waals surface area contributed by atoms with E-state index in [0.29, 0.717) is 15.7 Å². The van der Waals surface area contributed by atoms with Gasteiger partial charge in [0, 0.05) is 12.1 Å². The molecule has 10 heteroatoms. The van der Waals surface area contributed by atoms with Gasteiger partial charge < -0.3 is 9.88 Å². The van der Waals surface area contributed by atoms with Gasteiger partial charge in [-0.1, -0.05) is 41.6 Å². The van der Waals surface area contributed by atoms with Crippen molar-refractivity contribution in [2.75, 3.05) is 5.75 Å². The van der Waals surface area contributed by atoms with Crippen LogP contribution in [-0.4, -0.2) is 29.6 Å². The number of fused-ring (bicyclic) bond motifs is 1. The lowest BCUT2D eigenvalue weighted by molar-refractivity contribution is -0.119. The number of hydrogen-bond donors (Lipinski definition) is 2. The molecule has 0 radical (unpaired) electrons. The number of aromatic nitrogens is 2. The summed E-state index contributed by atoms with van der Waals surface area (Å²) in [5.41, 5.74) is 2.10. The number of benzene rings is 2. The lowest BCUT2D eigenvalue weighted by Gasteiger charge is -2.15. The smallest absolute Gasteiger partial charge is 0.238 e. The van der Waals surface area contributed by atoms with Gasteiger partial charge in [0.15, 0.2) is 5.16 Å². The maximum atomic E-state index is 12.3. The molecule has 3 aromatic rings.